The van der Waals surface area contributed by atoms with Crippen LogP contribution in [-0.2, 0) is 10.0 Å². The van der Waals surface area contributed by atoms with E-state index in [9.17, 15) is 13.2 Å². The van der Waals surface area contributed by atoms with Gasteiger partial charge in [0.2, 0.25) is 10.0 Å². The number of amides is 1. The lowest BCUT2D eigenvalue weighted by Gasteiger charge is -2.17. The molecule has 1 fully saturated rings. The van der Waals surface area contributed by atoms with E-state index in [-0.39, 0.29) is 5.69 Å². The van der Waals surface area contributed by atoms with Gasteiger partial charge in [0.05, 0.1) is 7.11 Å². The molecule has 1 aliphatic carbocycles. The maximum Gasteiger partial charge on any atom is 0.285 e. The molecule has 0 bridgehead atoms. The Balaban J connectivity index is 1.82. The van der Waals surface area contributed by atoms with Gasteiger partial charge in [0, 0.05) is 12.0 Å². The van der Waals surface area contributed by atoms with Crippen LogP contribution in [0.3, 0.4) is 0 Å². The SMILES string of the molecule is CCC(c1ccccc1)S(=O)(=O)NC(=O)c1cc(OC)c(C2CC2)nn1. The number of carbonyl (C=O) groups is 1. The molecule has 1 aromatic heterocycles. The number of methoxy groups -OCH3 is 1. The van der Waals surface area contributed by atoms with E-state index in [4.69, 9.17) is 4.74 Å². The van der Waals surface area contributed by atoms with Crippen LogP contribution < -0.4 is 9.46 Å². The summed E-state index contributed by atoms with van der Waals surface area (Å²) in [4.78, 5) is 12.4. The third-order valence-electron chi connectivity index (χ3n) is 4.35. The first-order valence-electron chi connectivity index (χ1n) is 8.48. The van der Waals surface area contributed by atoms with E-state index in [1.807, 2.05) is 6.07 Å². The number of benzene rings is 1. The lowest BCUT2D eigenvalue weighted by molar-refractivity contribution is 0.0974. The summed E-state index contributed by atoms with van der Waals surface area (Å²) in [6, 6.07) is 10.2. The van der Waals surface area contributed by atoms with Crippen LogP contribution in [0.2, 0.25) is 0 Å². The van der Waals surface area contributed by atoms with Gasteiger partial charge in [-0.3, -0.25) is 4.79 Å². The molecule has 7 nitrogen and oxygen atoms in total. The third kappa shape index (κ3) is 3.85. The highest BCUT2D eigenvalue weighted by molar-refractivity contribution is 7.90. The Morgan fingerprint density at radius 3 is 2.54 bits per heavy atom. The van der Waals surface area contributed by atoms with Gasteiger partial charge in [0.15, 0.2) is 5.69 Å². The van der Waals surface area contributed by atoms with E-state index in [0.29, 0.717) is 29.3 Å². The average Bonchev–Trinajstić information content (AvgIpc) is 3.47. The summed E-state index contributed by atoms with van der Waals surface area (Å²) in [7, 11) is -2.42. The summed E-state index contributed by atoms with van der Waals surface area (Å²) in [5.74, 6) is -0.0477. The van der Waals surface area contributed by atoms with E-state index < -0.39 is 21.2 Å². The highest BCUT2D eigenvalue weighted by Crippen LogP contribution is 2.42. The first-order valence-corrected chi connectivity index (χ1v) is 10.0. The van der Waals surface area contributed by atoms with Crippen LogP contribution in [0.25, 0.3) is 0 Å². The number of nitrogens with one attached hydrogen (secondary N) is 1. The first-order chi connectivity index (χ1) is 12.5. The third-order valence-corrected chi connectivity index (χ3v) is 6.18. The van der Waals surface area contributed by atoms with Crippen LogP contribution in [0.4, 0.5) is 0 Å². The van der Waals surface area contributed by atoms with Gasteiger partial charge < -0.3 is 4.74 Å². The lowest BCUT2D eigenvalue weighted by atomic mass is 10.1. The molecule has 1 unspecified atom stereocenters. The van der Waals surface area contributed by atoms with Crippen molar-refractivity contribution in [3.63, 3.8) is 0 Å². The summed E-state index contributed by atoms with van der Waals surface area (Å²) >= 11 is 0. The zero-order valence-electron chi connectivity index (χ0n) is 14.7. The normalized spacial score (nSPS) is 15.3. The first kappa shape index (κ1) is 18.3. The van der Waals surface area contributed by atoms with Crippen molar-refractivity contribution in [1.29, 1.82) is 0 Å². The predicted molar refractivity (Wildman–Crippen MR) is 96.4 cm³/mol. The second-order valence-electron chi connectivity index (χ2n) is 6.24. The number of aromatic nitrogens is 2. The van der Waals surface area contributed by atoms with Crippen LogP contribution in [0, 0.1) is 0 Å². The molecule has 1 aliphatic rings. The summed E-state index contributed by atoms with van der Waals surface area (Å²) in [5.41, 5.74) is 1.25. The summed E-state index contributed by atoms with van der Waals surface area (Å²) in [5, 5.41) is 7.11. The number of sulfonamides is 1. The van der Waals surface area contributed by atoms with Crippen molar-refractivity contribution >= 4 is 15.9 Å². The van der Waals surface area contributed by atoms with Crippen molar-refractivity contribution < 1.29 is 17.9 Å². The molecule has 138 valence electrons. The lowest BCUT2D eigenvalue weighted by Crippen LogP contribution is -2.35. The topological polar surface area (TPSA) is 98.2 Å². The Morgan fingerprint density at radius 2 is 1.96 bits per heavy atom. The van der Waals surface area contributed by atoms with Crippen LogP contribution in [0.15, 0.2) is 36.4 Å². The molecule has 1 saturated carbocycles. The van der Waals surface area contributed by atoms with E-state index in [2.05, 4.69) is 14.9 Å². The minimum atomic E-state index is -3.91. The smallest absolute Gasteiger partial charge is 0.285 e. The van der Waals surface area contributed by atoms with Gasteiger partial charge in [-0.05, 0) is 24.8 Å². The fraction of sp³-hybridized carbons (Fsp3) is 0.389. The van der Waals surface area contributed by atoms with Crippen molar-refractivity contribution in [2.45, 2.75) is 37.4 Å². The minimum Gasteiger partial charge on any atom is -0.495 e. The number of carbonyl (C=O) groups excluding carboxylic acids is 1. The monoisotopic (exact) mass is 375 g/mol. The maximum atomic E-state index is 12.7. The summed E-state index contributed by atoms with van der Waals surface area (Å²) in [6.07, 6.45) is 2.36. The molecule has 1 heterocycles. The van der Waals surface area contributed by atoms with Crippen LogP contribution >= 0.6 is 0 Å². The van der Waals surface area contributed by atoms with Gasteiger partial charge in [0.1, 0.15) is 16.7 Å². The van der Waals surface area contributed by atoms with Crippen molar-refractivity contribution in [1.82, 2.24) is 14.9 Å². The Kier molecular flexibility index (Phi) is 5.22. The highest BCUT2D eigenvalue weighted by Gasteiger charge is 2.31. The molecule has 0 spiro atoms. The molecule has 0 radical (unpaired) electrons. The summed E-state index contributed by atoms with van der Waals surface area (Å²) < 4.78 is 32.7. The molecule has 1 atom stereocenters. The van der Waals surface area contributed by atoms with Gasteiger partial charge in [-0.1, -0.05) is 37.3 Å². The molecular formula is C18H21N3O4S. The second kappa shape index (κ2) is 7.41. The average molecular weight is 375 g/mol. The Bertz CT molecular complexity index is 896. The van der Waals surface area contributed by atoms with Crippen LogP contribution in [0.1, 0.15) is 59.1 Å². The maximum absolute atomic E-state index is 12.7. The van der Waals surface area contributed by atoms with Crippen molar-refractivity contribution in [3.8, 4) is 5.75 Å². The number of ether oxygens (including phenoxy) is 1. The molecular weight excluding hydrogens is 354 g/mol. The fourth-order valence-corrected chi connectivity index (χ4v) is 4.31. The molecule has 0 aliphatic heterocycles. The summed E-state index contributed by atoms with van der Waals surface area (Å²) in [6.45, 7) is 1.76. The van der Waals surface area contributed by atoms with Gasteiger partial charge in [0.25, 0.3) is 5.91 Å². The minimum absolute atomic E-state index is 0.0854. The van der Waals surface area contributed by atoms with E-state index >= 15 is 0 Å². The zero-order chi connectivity index (χ0) is 18.7. The van der Waals surface area contributed by atoms with Gasteiger partial charge in [-0.25, -0.2) is 13.1 Å². The number of nitrogens with zero attached hydrogens (tertiary/aromatic N) is 2. The predicted octanol–water partition coefficient (Wildman–Crippen LogP) is 2.57. The van der Waals surface area contributed by atoms with Crippen molar-refractivity contribution in [2.75, 3.05) is 7.11 Å². The Labute approximate surface area is 152 Å². The van der Waals surface area contributed by atoms with Crippen molar-refractivity contribution in [2.24, 2.45) is 0 Å². The van der Waals surface area contributed by atoms with Gasteiger partial charge in [-0.2, -0.15) is 5.10 Å². The van der Waals surface area contributed by atoms with E-state index in [1.165, 1.54) is 13.2 Å². The van der Waals surface area contributed by atoms with E-state index in [1.54, 1.807) is 31.2 Å². The molecule has 0 saturated heterocycles. The van der Waals surface area contributed by atoms with E-state index in [0.717, 1.165) is 12.8 Å². The quantitative estimate of drug-likeness (QED) is 0.799. The molecule has 26 heavy (non-hydrogen) atoms. The fourth-order valence-electron chi connectivity index (χ4n) is 2.85. The number of hydrogen-bond donors (Lipinski definition) is 1. The number of hydrogen-bond acceptors (Lipinski definition) is 6. The number of rotatable bonds is 7. The van der Waals surface area contributed by atoms with Gasteiger partial charge >= 0.3 is 0 Å². The molecule has 1 aromatic carbocycles. The molecule has 1 amide bonds. The largest absolute Gasteiger partial charge is 0.495 e. The van der Waals surface area contributed by atoms with Crippen LogP contribution in [0.5, 0.6) is 5.75 Å². The zero-order valence-corrected chi connectivity index (χ0v) is 15.5. The van der Waals surface area contributed by atoms with Crippen molar-refractivity contribution in [3.05, 3.63) is 53.3 Å². The molecule has 1 N–H and O–H groups in total. The Hall–Kier alpha value is -2.48. The second-order valence-corrected chi connectivity index (χ2v) is 8.10. The molecule has 2 aromatic rings. The molecule has 8 heteroatoms. The molecule has 3 rings (SSSR count). The van der Waals surface area contributed by atoms with Gasteiger partial charge in [-0.15, -0.1) is 5.10 Å². The standard InChI is InChI=1S/C18H21N3O4S/c1-3-16(12-7-5-4-6-8-12)26(23,24)21-18(22)14-11-15(25-2)17(20-19-14)13-9-10-13/h4-8,11,13,16H,3,9-10H2,1-2H3,(H,21,22). The Morgan fingerprint density at radius 1 is 1.27 bits per heavy atom. The highest BCUT2D eigenvalue weighted by atomic mass is 32.2. The van der Waals surface area contributed by atoms with Crippen LogP contribution in [-0.4, -0.2) is 31.6 Å².